The van der Waals surface area contributed by atoms with Crippen LogP contribution in [0.2, 0.25) is 0 Å². The lowest BCUT2D eigenvalue weighted by Crippen LogP contribution is -2.47. The first kappa shape index (κ1) is 31.9. The second kappa shape index (κ2) is 24.0. The quantitative estimate of drug-likeness (QED) is 0.121. The Morgan fingerprint density at radius 3 is 1.18 bits per heavy atom. The van der Waals surface area contributed by atoms with Crippen molar-refractivity contribution < 1.29 is 19.8 Å². The Balaban J connectivity index is 3.25. The maximum absolute atomic E-state index is 11.8. The molecule has 0 aliphatic carbocycles. The van der Waals surface area contributed by atoms with E-state index in [0.717, 1.165) is 19.3 Å². The normalized spacial score (nSPS) is 13.1. The Labute approximate surface area is 204 Å². The van der Waals surface area contributed by atoms with Crippen LogP contribution >= 0.6 is 0 Å². The van der Waals surface area contributed by atoms with E-state index in [0.29, 0.717) is 6.42 Å². The molecule has 0 saturated carbocycles. The molecule has 5 heteroatoms. The van der Waals surface area contributed by atoms with Crippen LogP contribution in [0.3, 0.4) is 0 Å². The van der Waals surface area contributed by atoms with Crippen molar-refractivity contribution in [1.82, 2.24) is 5.32 Å². The van der Waals surface area contributed by atoms with E-state index in [-0.39, 0.29) is 5.91 Å². The Bertz CT molecular complexity index is 453. The summed E-state index contributed by atoms with van der Waals surface area (Å²) in [6.45, 7) is 3.65. The molecule has 0 aromatic heterocycles. The number of aliphatic carboxylic acids is 1. The Hall–Kier alpha value is -1.10. The number of carboxylic acids is 1. The van der Waals surface area contributed by atoms with E-state index in [1.54, 1.807) is 0 Å². The third-order valence-corrected chi connectivity index (χ3v) is 6.57. The van der Waals surface area contributed by atoms with Crippen LogP contribution in [0.25, 0.3) is 0 Å². The number of carbonyl (C=O) groups excluding carboxylic acids is 1. The van der Waals surface area contributed by atoms with Crippen LogP contribution in [-0.4, -0.2) is 34.2 Å². The van der Waals surface area contributed by atoms with Gasteiger partial charge in [0.15, 0.2) is 6.04 Å². The molecular weight excluding hydrogens is 414 g/mol. The Morgan fingerprint density at radius 2 is 0.909 bits per heavy atom. The molecule has 0 aromatic rings. The van der Waals surface area contributed by atoms with E-state index in [2.05, 4.69) is 12.2 Å². The number of carboxylic acid groups (broad SMARTS) is 1. The van der Waals surface area contributed by atoms with Gasteiger partial charge in [-0.15, -0.1) is 0 Å². The van der Waals surface area contributed by atoms with E-state index in [1.807, 2.05) is 0 Å². The van der Waals surface area contributed by atoms with Gasteiger partial charge in [-0.25, -0.2) is 4.79 Å². The maximum atomic E-state index is 11.8. The van der Waals surface area contributed by atoms with Crippen LogP contribution < -0.4 is 5.32 Å². The summed E-state index contributed by atoms with van der Waals surface area (Å²) in [6, 6.07) is -1.22. The molecule has 5 nitrogen and oxygen atoms in total. The van der Waals surface area contributed by atoms with Crippen molar-refractivity contribution in [3.8, 4) is 0 Å². The summed E-state index contributed by atoms with van der Waals surface area (Å²) in [4.78, 5) is 22.7. The summed E-state index contributed by atoms with van der Waals surface area (Å²) in [7, 11) is 0. The molecular formula is C28H55NO4. The van der Waals surface area contributed by atoms with Gasteiger partial charge in [0.1, 0.15) is 0 Å². The number of nitrogens with one attached hydrogen (secondary N) is 1. The van der Waals surface area contributed by atoms with Crippen molar-refractivity contribution in [1.29, 1.82) is 0 Å². The molecule has 1 amide bonds. The van der Waals surface area contributed by atoms with Crippen LogP contribution in [-0.2, 0) is 9.59 Å². The minimum absolute atomic E-state index is 0.291. The molecule has 0 bridgehead atoms. The molecule has 0 aromatic carbocycles. The lowest BCUT2D eigenvalue weighted by Gasteiger charge is -2.16. The lowest BCUT2D eigenvalue weighted by atomic mass is 10.0. The fourth-order valence-electron chi connectivity index (χ4n) is 4.35. The molecule has 0 unspecified atom stereocenters. The number of unbranched alkanes of at least 4 members (excludes halogenated alkanes) is 20. The molecule has 33 heavy (non-hydrogen) atoms. The van der Waals surface area contributed by atoms with Gasteiger partial charge in [0, 0.05) is 6.42 Å². The largest absolute Gasteiger partial charge is 0.480 e. The van der Waals surface area contributed by atoms with Gasteiger partial charge >= 0.3 is 5.97 Å². The van der Waals surface area contributed by atoms with E-state index in [1.165, 1.54) is 122 Å². The van der Waals surface area contributed by atoms with Crippen molar-refractivity contribution in [2.75, 3.05) is 0 Å². The van der Waals surface area contributed by atoms with E-state index < -0.39 is 18.1 Å². The minimum atomic E-state index is -1.22. The highest BCUT2D eigenvalue weighted by atomic mass is 16.4. The summed E-state index contributed by atoms with van der Waals surface area (Å²) in [5, 5.41) is 20.7. The van der Waals surface area contributed by atoms with Crippen LogP contribution in [0, 0.1) is 0 Å². The monoisotopic (exact) mass is 469 g/mol. The van der Waals surface area contributed by atoms with Gasteiger partial charge in [0.25, 0.3) is 0 Å². The van der Waals surface area contributed by atoms with Gasteiger partial charge in [-0.1, -0.05) is 135 Å². The molecule has 0 heterocycles. The van der Waals surface area contributed by atoms with Crippen molar-refractivity contribution in [2.45, 2.75) is 167 Å². The van der Waals surface area contributed by atoms with Crippen LogP contribution in [0.1, 0.15) is 155 Å². The fourth-order valence-corrected chi connectivity index (χ4v) is 4.35. The zero-order valence-electron chi connectivity index (χ0n) is 21.9. The van der Waals surface area contributed by atoms with E-state index in [4.69, 9.17) is 5.11 Å². The highest BCUT2D eigenvalue weighted by molar-refractivity contribution is 5.83. The molecule has 0 aliphatic rings. The Morgan fingerprint density at radius 1 is 0.606 bits per heavy atom. The van der Waals surface area contributed by atoms with Crippen LogP contribution in [0.15, 0.2) is 0 Å². The van der Waals surface area contributed by atoms with Crippen LogP contribution in [0.5, 0.6) is 0 Å². The average Bonchev–Trinajstić information content (AvgIpc) is 2.78. The third kappa shape index (κ3) is 22.5. The first-order valence-electron chi connectivity index (χ1n) is 14.2. The first-order chi connectivity index (χ1) is 16.0. The van der Waals surface area contributed by atoms with Crippen molar-refractivity contribution in [3.63, 3.8) is 0 Å². The number of aliphatic hydroxyl groups excluding tert-OH is 1. The van der Waals surface area contributed by atoms with Crippen LogP contribution in [0.4, 0.5) is 0 Å². The molecule has 0 saturated heterocycles. The number of amides is 1. The topological polar surface area (TPSA) is 86.6 Å². The maximum Gasteiger partial charge on any atom is 0.328 e. The summed E-state index contributed by atoms with van der Waals surface area (Å²) >= 11 is 0. The van der Waals surface area contributed by atoms with Gasteiger partial charge < -0.3 is 15.5 Å². The van der Waals surface area contributed by atoms with Crippen molar-refractivity contribution >= 4 is 11.9 Å². The molecule has 0 aliphatic heterocycles. The molecule has 0 radical (unpaired) electrons. The number of hydrogen-bond donors (Lipinski definition) is 3. The van der Waals surface area contributed by atoms with Gasteiger partial charge in [-0.3, -0.25) is 4.79 Å². The summed E-state index contributed by atoms with van der Waals surface area (Å²) in [5.41, 5.74) is 0. The molecule has 0 fully saturated rings. The lowest BCUT2D eigenvalue weighted by molar-refractivity contribution is -0.144. The SMILES string of the molecule is CCCCCCCCCCCCCCCCCCCCCCCC(=O)N[C@H](C(=O)O)[C@@H](C)O. The average molecular weight is 470 g/mol. The number of carbonyl (C=O) groups is 2. The van der Waals surface area contributed by atoms with E-state index >= 15 is 0 Å². The van der Waals surface area contributed by atoms with Gasteiger partial charge in [0.05, 0.1) is 6.10 Å². The standard InChI is InChI=1S/C28H55NO4/c1-3-4-5-6-7-8-9-10-11-12-13-14-15-16-17-18-19-20-21-22-23-24-26(31)29-27(25(2)30)28(32)33/h25,27,30H,3-24H2,1-2H3,(H,29,31)(H,32,33)/t25-,27+/m1/s1. The number of aliphatic hydroxyl groups is 1. The summed E-state index contributed by atoms with van der Waals surface area (Å²) in [6.07, 6.45) is 27.1. The molecule has 3 N–H and O–H groups in total. The van der Waals surface area contributed by atoms with Crippen molar-refractivity contribution in [2.24, 2.45) is 0 Å². The fraction of sp³-hybridized carbons (Fsp3) is 0.929. The highest BCUT2D eigenvalue weighted by Crippen LogP contribution is 2.15. The zero-order chi connectivity index (χ0) is 24.6. The van der Waals surface area contributed by atoms with Crippen molar-refractivity contribution in [3.05, 3.63) is 0 Å². The summed E-state index contributed by atoms with van der Waals surface area (Å²) < 4.78 is 0. The number of hydrogen-bond acceptors (Lipinski definition) is 3. The first-order valence-corrected chi connectivity index (χ1v) is 14.2. The molecule has 0 spiro atoms. The van der Waals surface area contributed by atoms with Gasteiger partial charge in [0.2, 0.25) is 5.91 Å². The second-order valence-electron chi connectivity index (χ2n) is 9.95. The number of rotatable bonds is 25. The van der Waals surface area contributed by atoms with E-state index in [9.17, 15) is 14.7 Å². The Kier molecular flexibility index (Phi) is 23.2. The molecule has 0 rings (SSSR count). The summed E-state index contributed by atoms with van der Waals surface area (Å²) in [5.74, 6) is -1.49. The third-order valence-electron chi connectivity index (χ3n) is 6.57. The molecule has 2 atom stereocenters. The zero-order valence-corrected chi connectivity index (χ0v) is 21.9. The predicted molar refractivity (Wildman–Crippen MR) is 138 cm³/mol. The minimum Gasteiger partial charge on any atom is -0.480 e. The highest BCUT2D eigenvalue weighted by Gasteiger charge is 2.24. The van der Waals surface area contributed by atoms with Gasteiger partial charge in [-0.05, 0) is 13.3 Å². The smallest absolute Gasteiger partial charge is 0.328 e. The second-order valence-corrected chi connectivity index (χ2v) is 9.95. The predicted octanol–water partition coefficient (Wildman–Crippen LogP) is 7.54. The van der Waals surface area contributed by atoms with Gasteiger partial charge in [-0.2, -0.15) is 0 Å². The molecule has 196 valence electrons.